The van der Waals surface area contributed by atoms with Crippen LogP contribution in [-0.4, -0.2) is 18.1 Å². The maximum absolute atomic E-state index is 12.8. The third kappa shape index (κ3) is 1.99. The molecule has 4 nitrogen and oxygen atoms in total. The van der Waals surface area contributed by atoms with Crippen molar-refractivity contribution in [2.24, 2.45) is 0 Å². The van der Waals surface area contributed by atoms with Gasteiger partial charge in [-0.15, -0.1) is 0 Å². The minimum atomic E-state index is -4.54. The molecule has 0 radical (unpaired) electrons. The van der Waals surface area contributed by atoms with Gasteiger partial charge in [-0.05, 0) is 18.2 Å². The lowest BCUT2D eigenvalue weighted by molar-refractivity contribution is -0.136. The molecule has 0 fully saturated rings. The van der Waals surface area contributed by atoms with E-state index in [0.717, 1.165) is 19.2 Å². The molecule has 0 aliphatic rings. The number of hydrogen-bond donors (Lipinski definition) is 2. The van der Waals surface area contributed by atoms with E-state index in [-0.39, 0.29) is 22.3 Å². The van der Waals surface area contributed by atoms with Crippen LogP contribution in [0.25, 0.3) is 10.9 Å². The number of carbonyl (C=O) groups excluding carboxylic acids is 1. The van der Waals surface area contributed by atoms with Gasteiger partial charge in [0.1, 0.15) is 5.69 Å². The van der Waals surface area contributed by atoms with Crippen LogP contribution in [0.5, 0.6) is 0 Å². The van der Waals surface area contributed by atoms with Crippen LogP contribution in [0.4, 0.5) is 18.9 Å². The van der Waals surface area contributed by atoms with Crippen LogP contribution in [0, 0.1) is 0 Å². The molecule has 96 valence electrons. The lowest BCUT2D eigenvalue weighted by atomic mass is 10.1. The van der Waals surface area contributed by atoms with Gasteiger partial charge in [0.25, 0.3) is 0 Å². The number of benzene rings is 1. The normalized spacial score (nSPS) is 11.8. The van der Waals surface area contributed by atoms with Crippen molar-refractivity contribution in [2.75, 3.05) is 12.8 Å². The van der Waals surface area contributed by atoms with Crippen LogP contribution >= 0.6 is 0 Å². The summed E-state index contributed by atoms with van der Waals surface area (Å²) >= 11 is 0. The average molecular weight is 258 g/mol. The Bertz CT molecular complexity index is 617. The molecule has 0 unspecified atom stereocenters. The first kappa shape index (κ1) is 12.3. The third-order valence-electron chi connectivity index (χ3n) is 2.47. The van der Waals surface area contributed by atoms with Crippen molar-refractivity contribution in [3.05, 3.63) is 29.5 Å². The number of nitrogens with one attached hydrogen (secondary N) is 1. The summed E-state index contributed by atoms with van der Waals surface area (Å²) in [6, 6.07) is 3.26. The summed E-state index contributed by atoms with van der Waals surface area (Å²) in [5, 5.41) is -0.114. The number of nitrogens with two attached hydrogens (primary N) is 1. The summed E-state index contributed by atoms with van der Waals surface area (Å²) in [5.74, 6) is -0.738. The number of halogens is 3. The molecule has 0 saturated heterocycles. The van der Waals surface area contributed by atoms with Crippen molar-refractivity contribution in [1.29, 1.82) is 0 Å². The van der Waals surface area contributed by atoms with Crippen molar-refractivity contribution in [1.82, 2.24) is 4.98 Å². The molecule has 0 amide bonds. The van der Waals surface area contributed by atoms with Gasteiger partial charge in [-0.3, -0.25) is 0 Å². The van der Waals surface area contributed by atoms with Gasteiger partial charge in [0.05, 0.1) is 12.7 Å². The van der Waals surface area contributed by atoms with E-state index in [9.17, 15) is 18.0 Å². The minimum absolute atomic E-state index is 0.0342. The van der Waals surface area contributed by atoms with E-state index >= 15 is 0 Å². The number of ether oxygens (including phenoxy) is 1. The summed E-state index contributed by atoms with van der Waals surface area (Å²) in [5.41, 5.74) is 4.57. The largest absolute Gasteiger partial charge is 0.464 e. The molecule has 0 aliphatic carbocycles. The van der Waals surface area contributed by atoms with Crippen molar-refractivity contribution >= 4 is 22.6 Å². The quantitative estimate of drug-likeness (QED) is 0.610. The number of carbonyl (C=O) groups is 1. The molecule has 3 N–H and O–H groups in total. The van der Waals surface area contributed by atoms with Crippen LogP contribution in [0.1, 0.15) is 16.1 Å². The standard InChI is InChI=1S/C11H9F3N2O2/c1-18-10(17)9-4-6-7(11(12,13)14)2-5(15)3-8(6)16-9/h2-4,16H,15H2,1H3. The second kappa shape index (κ2) is 3.94. The highest BCUT2D eigenvalue weighted by Crippen LogP contribution is 2.36. The van der Waals surface area contributed by atoms with Crippen LogP contribution in [0.3, 0.4) is 0 Å². The number of H-pyrrole nitrogens is 1. The molecule has 1 aromatic heterocycles. The van der Waals surface area contributed by atoms with Crippen LogP contribution in [0.15, 0.2) is 18.2 Å². The van der Waals surface area contributed by atoms with E-state index in [0.29, 0.717) is 0 Å². The molecule has 0 saturated carbocycles. The number of nitrogen functional groups attached to an aromatic ring is 1. The van der Waals surface area contributed by atoms with Gasteiger partial charge < -0.3 is 15.5 Å². The van der Waals surface area contributed by atoms with Gasteiger partial charge >= 0.3 is 12.1 Å². The summed E-state index contributed by atoms with van der Waals surface area (Å²) in [7, 11) is 1.15. The Morgan fingerprint density at radius 1 is 1.33 bits per heavy atom. The second-order valence-electron chi connectivity index (χ2n) is 3.70. The molecule has 7 heteroatoms. The van der Waals surface area contributed by atoms with Gasteiger partial charge in [-0.25, -0.2) is 4.79 Å². The van der Waals surface area contributed by atoms with Gasteiger partial charge in [0, 0.05) is 16.6 Å². The molecular formula is C11H9F3N2O2. The van der Waals surface area contributed by atoms with Gasteiger partial charge in [0.15, 0.2) is 0 Å². The Labute approximate surface area is 99.5 Å². The molecule has 2 rings (SSSR count). The zero-order chi connectivity index (χ0) is 13.5. The summed E-state index contributed by atoms with van der Waals surface area (Å²) in [6.45, 7) is 0. The van der Waals surface area contributed by atoms with Crippen LogP contribution in [0.2, 0.25) is 0 Å². The fourth-order valence-electron chi connectivity index (χ4n) is 1.71. The van der Waals surface area contributed by atoms with Gasteiger partial charge in [0.2, 0.25) is 0 Å². The van der Waals surface area contributed by atoms with Gasteiger partial charge in [-0.2, -0.15) is 13.2 Å². The number of hydrogen-bond acceptors (Lipinski definition) is 3. The molecule has 0 bridgehead atoms. The van der Waals surface area contributed by atoms with Crippen LogP contribution < -0.4 is 5.73 Å². The molecular weight excluding hydrogens is 249 g/mol. The predicted octanol–water partition coefficient (Wildman–Crippen LogP) is 2.56. The van der Waals surface area contributed by atoms with E-state index < -0.39 is 17.7 Å². The molecule has 0 atom stereocenters. The third-order valence-corrected chi connectivity index (χ3v) is 2.47. The lowest BCUT2D eigenvalue weighted by Crippen LogP contribution is -2.06. The Hall–Kier alpha value is -2.18. The molecule has 0 aliphatic heterocycles. The Balaban J connectivity index is 2.72. The van der Waals surface area contributed by atoms with Gasteiger partial charge in [-0.1, -0.05) is 0 Å². The summed E-state index contributed by atoms with van der Waals surface area (Å²) in [6.07, 6.45) is -4.54. The van der Waals surface area contributed by atoms with E-state index in [4.69, 9.17) is 5.73 Å². The number of rotatable bonds is 1. The number of aromatic nitrogens is 1. The summed E-state index contributed by atoms with van der Waals surface area (Å²) in [4.78, 5) is 13.8. The minimum Gasteiger partial charge on any atom is -0.464 e. The first-order chi connectivity index (χ1) is 8.32. The SMILES string of the molecule is COC(=O)c1cc2c(C(F)(F)F)cc(N)cc2[nH]1. The van der Waals surface area contributed by atoms with E-state index in [2.05, 4.69) is 9.72 Å². The molecule has 0 spiro atoms. The number of aromatic amines is 1. The molecule has 1 heterocycles. The zero-order valence-corrected chi connectivity index (χ0v) is 9.26. The van der Waals surface area contributed by atoms with Crippen molar-refractivity contribution in [2.45, 2.75) is 6.18 Å². The molecule has 1 aromatic carbocycles. The van der Waals surface area contributed by atoms with Crippen molar-refractivity contribution < 1.29 is 22.7 Å². The topological polar surface area (TPSA) is 68.1 Å². The fourth-order valence-corrected chi connectivity index (χ4v) is 1.71. The highest BCUT2D eigenvalue weighted by molar-refractivity contribution is 5.97. The first-order valence-corrected chi connectivity index (χ1v) is 4.90. The Morgan fingerprint density at radius 2 is 2.00 bits per heavy atom. The average Bonchev–Trinajstić information content (AvgIpc) is 2.68. The Morgan fingerprint density at radius 3 is 2.56 bits per heavy atom. The number of methoxy groups -OCH3 is 1. The zero-order valence-electron chi connectivity index (χ0n) is 9.26. The fraction of sp³-hybridized carbons (Fsp3) is 0.182. The number of alkyl halides is 3. The maximum atomic E-state index is 12.8. The maximum Gasteiger partial charge on any atom is 0.417 e. The van der Waals surface area contributed by atoms with E-state index in [1.54, 1.807) is 0 Å². The predicted molar refractivity (Wildman–Crippen MR) is 59.1 cm³/mol. The molecule has 2 aromatic rings. The Kier molecular flexibility index (Phi) is 2.68. The van der Waals surface area contributed by atoms with E-state index in [1.807, 2.05) is 0 Å². The summed E-state index contributed by atoms with van der Waals surface area (Å²) < 4.78 is 42.9. The lowest BCUT2D eigenvalue weighted by Gasteiger charge is -2.08. The molecule has 18 heavy (non-hydrogen) atoms. The van der Waals surface area contributed by atoms with E-state index in [1.165, 1.54) is 6.07 Å². The highest BCUT2D eigenvalue weighted by Gasteiger charge is 2.33. The number of fused-ring (bicyclic) bond motifs is 1. The highest BCUT2D eigenvalue weighted by atomic mass is 19.4. The van der Waals surface area contributed by atoms with Crippen molar-refractivity contribution in [3.63, 3.8) is 0 Å². The smallest absolute Gasteiger partial charge is 0.417 e. The monoisotopic (exact) mass is 258 g/mol. The van der Waals surface area contributed by atoms with Crippen molar-refractivity contribution in [3.8, 4) is 0 Å². The first-order valence-electron chi connectivity index (χ1n) is 4.90. The number of anilines is 1. The van der Waals surface area contributed by atoms with Crippen LogP contribution in [-0.2, 0) is 10.9 Å². The number of esters is 1. The second-order valence-corrected chi connectivity index (χ2v) is 3.70.